The molecule has 2 N–H and O–H groups in total. The van der Waals surface area contributed by atoms with Crippen LogP contribution in [0.4, 0.5) is 14.5 Å². The zero-order chi connectivity index (χ0) is 13.3. The maximum Gasteiger partial charge on any atom is 0.261 e. The van der Waals surface area contributed by atoms with Crippen molar-refractivity contribution in [1.29, 1.82) is 0 Å². The zero-order valence-electron chi connectivity index (χ0n) is 9.78. The minimum atomic E-state index is -0.832. The van der Waals surface area contributed by atoms with Crippen molar-refractivity contribution in [1.82, 2.24) is 10.1 Å². The van der Waals surface area contributed by atoms with Gasteiger partial charge in [-0.2, -0.15) is 4.98 Å². The summed E-state index contributed by atoms with van der Waals surface area (Å²) in [6, 6.07) is 1.79. The number of methoxy groups -OCH3 is 1. The normalized spacial score (nSPS) is 12.7. The molecule has 5 nitrogen and oxygen atoms in total. The van der Waals surface area contributed by atoms with Gasteiger partial charge >= 0.3 is 0 Å². The van der Waals surface area contributed by atoms with Gasteiger partial charge < -0.3 is 15.0 Å². The second-order valence-electron chi connectivity index (χ2n) is 3.69. The molecular formula is C11H11F2N3O2. The number of nitrogens with two attached hydrogens (primary N) is 1. The predicted molar refractivity (Wildman–Crippen MR) is 59.5 cm³/mol. The summed E-state index contributed by atoms with van der Waals surface area (Å²) < 4.78 is 36.5. The summed E-state index contributed by atoms with van der Waals surface area (Å²) in [5, 5.41) is 3.64. The molecule has 0 amide bonds. The number of hydrogen-bond donors (Lipinski definition) is 1. The Morgan fingerprint density at radius 2 is 2.06 bits per heavy atom. The van der Waals surface area contributed by atoms with Crippen LogP contribution in [0.3, 0.4) is 0 Å². The summed E-state index contributed by atoms with van der Waals surface area (Å²) >= 11 is 0. The Morgan fingerprint density at radius 1 is 1.33 bits per heavy atom. The van der Waals surface area contributed by atoms with Crippen LogP contribution in [0.25, 0.3) is 11.5 Å². The van der Waals surface area contributed by atoms with Crippen LogP contribution in [-0.4, -0.2) is 17.3 Å². The minimum absolute atomic E-state index is 0.0454. The molecule has 2 rings (SSSR count). The van der Waals surface area contributed by atoms with Gasteiger partial charge in [0.1, 0.15) is 17.7 Å². The summed E-state index contributed by atoms with van der Waals surface area (Å²) in [6.07, 6.45) is -0.386. The first-order valence-corrected chi connectivity index (χ1v) is 5.14. The first kappa shape index (κ1) is 12.4. The molecule has 0 aliphatic rings. The Labute approximate surface area is 102 Å². The molecule has 0 radical (unpaired) electrons. The lowest BCUT2D eigenvalue weighted by Crippen LogP contribution is -1.98. The van der Waals surface area contributed by atoms with E-state index in [4.69, 9.17) is 15.0 Å². The van der Waals surface area contributed by atoms with Crippen molar-refractivity contribution in [3.05, 3.63) is 29.6 Å². The maximum absolute atomic E-state index is 13.6. The Morgan fingerprint density at radius 3 is 2.72 bits per heavy atom. The lowest BCUT2D eigenvalue weighted by Gasteiger charge is -2.02. The fourth-order valence-corrected chi connectivity index (χ4v) is 1.34. The van der Waals surface area contributed by atoms with E-state index in [0.29, 0.717) is 6.07 Å². The SMILES string of the molecule is COC(C)c1noc(-c2cc(N)c(F)cc2F)n1. The van der Waals surface area contributed by atoms with Crippen molar-refractivity contribution >= 4 is 5.69 Å². The topological polar surface area (TPSA) is 74.2 Å². The molecule has 7 heteroatoms. The molecule has 0 spiro atoms. The maximum atomic E-state index is 13.6. The number of ether oxygens (including phenoxy) is 1. The number of benzene rings is 1. The van der Waals surface area contributed by atoms with Crippen LogP contribution >= 0.6 is 0 Å². The number of anilines is 1. The van der Waals surface area contributed by atoms with Gasteiger partial charge in [-0.3, -0.25) is 0 Å². The number of nitrogens with zero attached hydrogens (tertiary/aromatic N) is 2. The van der Waals surface area contributed by atoms with Gasteiger partial charge in [0.2, 0.25) is 5.82 Å². The van der Waals surface area contributed by atoms with Crippen molar-refractivity contribution in [3.63, 3.8) is 0 Å². The summed E-state index contributed by atoms with van der Waals surface area (Å²) in [7, 11) is 1.48. The molecule has 0 fully saturated rings. The zero-order valence-corrected chi connectivity index (χ0v) is 9.78. The van der Waals surface area contributed by atoms with Crippen LogP contribution in [0, 0.1) is 11.6 Å². The van der Waals surface area contributed by atoms with E-state index in [1.165, 1.54) is 7.11 Å². The summed E-state index contributed by atoms with van der Waals surface area (Å²) in [6.45, 7) is 1.71. The molecule has 1 aromatic heterocycles. The number of nitrogen functional groups attached to an aromatic ring is 1. The highest BCUT2D eigenvalue weighted by Gasteiger charge is 2.18. The van der Waals surface area contributed by atoms with E-state index in [1.54, 1.807) is 6.92 Å². The number of hydrogen-bond acceptors (Lipinski definition) is 5. The molecule has 0 aliphatic heterocycles. The number of halogens is 2. The van der Waals surface area contributed by atoms with Crippen LogP contribution in [0.2, 0.25) is 0 Å². The largest absolute Gasteiger partial charge is 0.396 e. The van der Waals surface area contributed by atoms with Crippen molar-refractivity contribution in [2.45, 2.75) is 13.0 Å². The van der Waals surface area contributed by atoms with Gasteiger partial charge in [0.05, 0.1) is 11.3 Å². The van der Waals surface area contributed by atoms with Crippen molar-refractivity contribution in [3.8, 4) is 11.5 Å². The summed E-state index contributed by atoms with van der Waals surface area (Å²) in [5.41, 5.74) is 5.13. The average molecular weight is 255 g/mol. The van der Waals surface area contributed by atoms with Crippen LogP contribution < -0.4 is 5.73 Å². The number of aromatic nitrogens is 2. The van der Waals surface area contributed by atoms with Crippen LogP contribution in [0.5, 0.6) is 0 Å². The summed E-state index contributed by atoms with van der Waals surface area (Å²) in [5.74, 6) is -1.45. The molecule has 18 heavy (non-hydrogen) atoms. The Kier molecular flexibility index (Phi) is 3.24. The van der Waals surface area contributed by atoms with E-state index in [2.05, 4.69) is 10.1 Å². The van der Waals surface area contributed by atoms with Crippen molar-refractivity contribution in [2.75, 3.05) is 12.8 Å². The molecule has 96 valence electrons. The lowest BCUT2D eigenvalue weighted by molar-refractivity contribution is 0.109. The third-order valence-electron chi connectivity index (χ3n) is 2.48. The smallest absolute Gasteiger partial charge is 0.261 e. The second kappa shape index (κ2) is 4.69. The second-order valence-corrected chi connectivity index (χ2v) is 3.69. The van der Waals surface area contributed by atoms with Crippen LogP contribution in [0.1, 0.15) is 18.9 Å². The third-order valence-corrected chi connectivity index (χ3v) is 2.48. The van der Waals surface area contributed by atoms with Gasteiger partial charge in [0.15, 0.2) is 0 Å². The van der Waals surface area contributed by atoms with E-state index >= 15 is 0 Å². The molecule has 0 saturated heterocycles. The molecule has 0 aliphatic carbocycles. The molecule has 0 saturated carbocycles. The Balaban J connectivity index is 2.43. The molecule has 1 unspecified atom stereocenters. The average Bonchev–Trinajstić information content (AvgIpc) is 2.82. The van der Waals surface area contributed by atoms with E-state index in [0.717, 1.165) is 6.07 Å². The van der Waals surface area contributed by atoms with Crippen LogP contribution in [0.15, 0.2) is 16.7 Å². The first-order valence-electron chi connectivity index (χ1n) is 5.14. The highest BCUT2D eigenvalue weighted by atomic mass is 19.1. The van der Waals surface area contributed by atoms with E-state index in [-0.39, 0.29) is 29.1 Å². The Hall–Kier alpha value is -2.02. The lowest BCUT2D eigenvalue weighted by atomic mass is 10.2. The first-order chi connectivity index (χ1) is 8.52. The summed E-state index contributed by atoms with van der Waals surface area (Å²) in [4.78, 5) is 3.96. The molecule has 1 atom stereocenters. The molecule has 2 aromatic rings. The quantitative estimate of drug-likeness (QED) is 0.852. The standard InChI is InChI=1S/C11H11F2N3O2/c1-5(17-2)10-15-11(18-16-10)6-3-9(14)8(13)4-7(6)12/h3-5H,14H2,1-2H3. The third kappa shape index (κ3) is 2.17. The van der Waals surface area contributed by atoms with E-state index < -0.39 is 11.6 Å². The molecule has 1 heterocycles. The van der Waals surface area contributed by atoms with Gasteiger partial charge in [-0.1, -0.05) is 5.16 Å². The van der Waals surface area contributed by atoms with Gasteiger partial charge in [-0.15, -0.1) is 0 Å². The van der Waals surface area contributed by atoms with Crippen LogP contribution in [-0.2, 0) is 4.74 Å². The highest BCUT2D eigenvalue weighted by Crippen LogP contribution is 2.26. The highest BCUT2D eigenvalue weighted by molar-refractivity contribution is 5.61. The van der Waals surface area contributed by atoms with E-state index in [9.17, 15) is 8.78 Å². The van der Waals surface area contributed by atoms with Gasteiger partial charge in [0, 0.05) is 13.2 Å². The Bertz CT molecular complexity index is 571. The number of rotatable bonds is 3. The fourth-order valence-electron chi connectivity index (χ4n) is 1.34. The predicted octanol–water partition coefficient (Wildman–Crippen LogP) is 2.30. The van der Waals surface area contributed by atoms with Crippen molar-refractivity contribution < 1.29 is 18.0 Å². The molecular weight excluding hydrogens is 244 g/mol. The van der Waals surface area contributed by atoms with Gasteiger partial charge in [-0.05, 0) is 13.0 Å². The van der Waals surface area contributed by atoms with Gasteiger partial charge in [0.25, 0.3) is 5.89 Å². The van der Waals surface area contributed by atoms with Gasteiger partial charge in [-0.25, -0.2) is 8.78 Å². The molecule has 1 aromatic carbocycles. The minimum Gasteiger partial charge on any atom is -0.396 e. The van der Waals surface area contributed by atoms with Crippen molar-refractivity contribution in [2.24, 2.45) is 0 Å². The fraction of sp³-hybridized carbons (Fsp3) is 0.273. The monoisotopic (exact) mass is 255 g/mol. The molecule has 0 bridgehead atoms. The van der Waals surface area contributed by atoms with E-state index in [1.807, 2.05) is 0 Å².